The number of amides is 1. The van der Waals surface area contributed by atoms with Crippen LogP contribution in [0.15, 0.2) is 42.6 Å². The highest BCUT2D eigenvalue weighted by Gasteiger charge is 2.16. The highest BCUT2D eigenvalue weighted by molar-refractivity contribution is 5.94. The molecule has 3 rings (SSSR count). The topological polar surface area (TPSA) is 46.4 Å². The van der Waals surface area contributed by atoms with Crippen LogP contribution in [0.25, 0.3) is 5.65 Å². The van der Waals surface area contributed by atoms with Crippen molar-refractivity contribution in [1.82, 2.24) is 14.7 Å². The lowest BCUT2D eigenvalue weighted by molar-refractivity contribution is 0.0944. The molecule has 1 N–H and O–H groups in total. The van der Waals surface area contributed by atoms with Gasteiger partial charge in [-0.1, -0.05) is 12.1 Å². The number of carbonyl (C=O) groups is 1. The average molecular weight is 297 g/mol. The summed E-state index contributed by atoms with van der Waals surface area (Å²) in [6.45, 7) is 4.14. The monoisotopic (exact) mass is 297 g/mol. The van der Waals surface area contributed by atoms with E-state index in [9.17, 15) is 9.18 Å². The van der Waals surface area contributed by atoms with Crippen LogP contribution in [0.3, 0.4) is 0 Å². The minimum atomic E-state index is -0.289. The Morgan fingerprint density at radius 2 is 1.95 bits per heavy atom. The summed E-state index contributed by atoms with van der Waals surface area (Å²) in [4.78, 5) is 16.8. The lowest BCUT2D eigenvalue weighted by atomic mass is 10.2. The van der Waals surface area contributed by atoms with Gasteiger partial charge in [-0.2, -0.15) is 0 Å². The fourth-order valence-corrected chi connectivity index (χ4v) is 2.41. The Labute approximate surface area is 127 Å². The number of nitrogens with one attached hydrogen (secondary N) is 1. The van der Waals surface area contributed by atoms with Crippen molar-refractivity contribution in [2.24, 2.45) is 0 Å². The van der Waals surface area contributed by atoms with Gasteiger partial charge in [0.25, 0.3) is 5.91 Å². The predicted molar refractivity (Wildman–Crippen MR) is 82.2 cm³/mol. The van der Waals surface area contributed by atoms with E-state index in [2.05, 4.69) is 10.3 Å². The Kier molecular flexibility index (Phi) is 3.63. The van der Waals surface area contributed by atoms with Gasteiger partial charge in [-0.05, 0) is 49.2 Å². The first-order chi connectivity index (χ1) is 10.5. The molecule has 0 aliphatic carbocycles. The molecular weight excluding hydrogens is 281 g/mol. The molecule has 0 spiro atoms. The molecule has 22 heavy (non-hydrogen) atoms. The molecule has 0 radical (unpaired) electrons. The summed E-state index contributed by atoms with van der Waals surface area (Å²) in [5.41, 5.74) is 3.90. The minimum Gasteiger partial charge on any atom is -0.347 e. The van der Waals surface area contributed by atoms with Gasteiger partial charge in [0.15, 0.2) is 0 Å². The number of hydrogen-bond donors (Lipinski definition) is 1. The van der Waals surface area contributed by atoms with Crippen molar-refractivity contribution < 1.29 is 9.18 Å². The van der Waals surface area contributed by atoms with E-state index in [0.717, 1.165) is 16.8 Å². The third-order valence-corrected chi connectivity index (χ3v) is 3.54. The summed E-state index contributed by atoms with van der Waals surface area (Å²) in [6.07, 6.45) is 1.84. The standard InChI is InChI=1S/C17H16FN3O/c1-11-7-8-21-15(9-11)20-12(2)16(21)17(22)19-10-13-3-5-14(18)6-4-13/h3-9H,10H2,1-2H3,(H,19,22). The van der Waals surface area contributed by atoms with Gasteiger partial charge in [0.05, 0.1) is 5.69 Å². The molecule has 5 heteroatoms. The van der Waals surface area contributed by atoms with Gasteiger partial charge in [-0.25, -0.2) is 9.37 Å². The van der Waals surface area contributed by atoms with Crippen LogP contribution in [-0.4, -0.2) is 15.3 Å². The molecule has 1 amide bonds. The normalized spacial score (nSPS) is 10.9. The molecule has 4 nitrogen and oxygen atoms in total. The zero-order valence-corrected chi connectivity index (χ0v) is 12.4. The Hall–Kier alpha value is -2.69. The zero-order chi connectivity index (χ0) is 15.7. The Morgan fingerprint density at radius 3 is 2.68 bits per heavy atom. The number of pyridine rings is 1. The van der Waals surface area contributed by atoms with Crippen molar-refractivity contribution in [3.05, 3.63) is 70.9 Å². The van der Waals surface area contributed by atoms with Gasteiger partial charge in [0, 0.05) is 12.7 Å². The van der Waals surface area contributed by atoms with E-state index >= 15 is 0 Å². The number of aryl methyl sites for hydroxylation is 2. The van der Waals surface area contributed by atoms with Crippen molar-refractivity contribution in [1.29, 1.82) is 0 Å². The van der Waals surface area contributed by atoms with E-state index in [1.165, 1.54) is 12.1 Å². The number of benzene rings is 1. The summed E-state index contributed by atoms with van der Waals surface area (Å²) < 4.78 is 14.6. The molecule has 1 aromatic carbocycles. The van der Waals surface area contributed by atoms with Crippen LogP contribution in [0.2, 0.25) is 0 Å². The second-order valence-electron chi connectivity index (χ2n) is 5.29. The number of imidazole rings is 1. The van der Waals surface area contributed by atoms with Crippen LogP contribution >= 0.6 is 0 Å². The summed E-state index contributed by atoms with van der Waals surface area (Å²) >= 11 is 0. The second-order valence-corrected chi connectivity index (χ2v) is 5.29. The number of aromatic nitrogens is 2. The van der Waals surface area contributed by atoms with Crippen LogP contribution in [0.4, 0.5) is 4.39 Å². The minimum absolute atomic E-state index is 0.196. The predicted octanol–water partition coefficient (Wildman–Crippen LogP) is 3.02. The van der Waals surface area contributed by atoms with Crippen molar-refractivity contribution in [3.63, 3.8) is 0 Å². The molecule has 2 aromatic heterocycles. The number of halogens is 1. The number of hydrogen-bond acceptors (Lipinski definition) is 2. The third kappa shape index (κ3) is 2.70. The molecule has 3 aromatic rings. The van der Waals surface area contributed by atoms with Gasteiger partial charge in [0.1, 0.15) is 17.2 Å². The maximum atomic E-state index is 12.9. The fourth-order valence-electron chi connectivity index (χ4n) is 2.41. The van der Waals surface area contributed by atoms with Crippen LogP contribution in [-0.2, 0) is 6.54 Å². The number of fused-ring (bicyclic) bond motifs is 1. The van der Waals surface area contributed by atoms with E-state index in [0.29, 0.717) is 17.9 Å². The second kappa shape index (κ2) is 5.60. The maximum Gasteiger partial charge on any atom is 0.270 e. The molecule has 0 aliphatic heterocycles. The molecule has 112 valence electrons. The SMILES string of the molecule is Cc1ccn2c(C(=O)NCc3ccc(F)cc3)c(C)nc2c1. The van der Waals surface area contributed by atoms with Crippen LogP contribution < -0.4 is 5.32 Å². The quantitative estimate of drug-likeness (QED) is 0.807. The Bertz CT molecular complexity index is 837. The number of carbonyl (C=O) groups excluding carboxylic acids is 1. The Morgan fingerprint density at radius 1 is 1.23 bits per heavy atom. The highest BCUT2D eigenvalue weighted by atomic mass is 19.1. The number of rotatable bonds is 3. The molecular formula is C17H16FN3O. The Balaban J connectivity index is 1.83. The number of nitrogens with zero attached hydrogens (tertiary/aromatic N) is 2. The van der Waals surface area contributed by atoms with Gasteiger partial charge < -0.3 is 5.32 Å². The van der Waals surface area contributed by atoms with Crippen molar-refractivity contribution in [2.75, 3.05) is 0 Å². The van der Waals surface area contributed by atoms with E-state index in [1.807, 2.05) is 32.2 Å². The smallest absolute Gasteiger partial charge is 0.270 e. The summed E-state index contributed by atoms with van der Waals surface area (Å²) in [5.74, 6) is -0.485. The molecule has 0 saturated carbocycles. The first-order valence-electron chi connectivity index (χ1n) is 7.02. The van der Waals surface area contributed by atoms with Crippen molar-refractivity contribution in [2.45, 2.75) is 20.4 Å². The summed E-state index contributed by atoms with van der Waals surface area (Å²) in [7, 11) is 0. The van der Waals surface area contributed by atoms with Gasteiger partial charge >= 0.3 is 0 Å². The first kappa shape index (κ1) is 14.3. The third-order valence-electron chi connectivity index (χ3n) is 3.54. The van der Waals surface area contributed by atoms with Crippen LogP contribution in [0.1, 0.15) is 27.3 Å². The van der Waals surface area contributed by atoms with E-state index < -0.39 is 0 Å². The van der Waals surface area contributed by atoms with Gasteiger partial charge in [-0.15, -0.1) is 0 Å². The molecule has 0 aliphatic rings. The highest BCUT2D eigenvalue weighted by Crippen LogP contribution is 2.13. The lowest BCUT2D eigenvalue weighted by Crippen LogP contribution is -2.25. The summed E-state index contributed by atoms with van der Waals surface area (Å²) in [5, 5.41) is 2.85. The molecule has 0 bridgehead atoms. The average Bonchev–Trinajstić information content (AvgIpc) is 2.81. The lowest BCUT2D eigenvalue weighted by Gasteiger charge is -2.06. The fraction of sp³-hybridized carbons (Fsp3) is 0.176. The molecule has 0 atom stereocenters. The van der Waals surface area contributed by atoms with Crippen LogP contribution in [0, 0.1) is 19.7 Å². The molecule has 0 saturated heterocycles. The zero-order valence-electron chi connectivity index (χ0n) is 12.4. The van der Waals surface area contributed by atoms with Gasteiger partial charge in [0.2, 0.25) is 0 Å². The van der Waals surface area contributed by atoms with E-state index in [4.69, 9.17) is 0 Å². The van der Waals surface area contributed by atoms with Crippen molar-refractivity contribution >= 4 is 11.6 Å². The summed E-state index contributed by atoms with van der Waals surface area (Å²) in [6, 6.07) is 9.93. The first-order valence-corrected chi connectivity index (χ1v) is 7.02. The van der Waals surface area contributed by atoms with Crippen LogP contribution in [0.5, 0.6) is 0 Å². The van der Waals surface area contributed by atoms with E-state index in [1.54, 1.807) is 16.5 Å². The maximum absolute atomic E-state index is 12.9. The van der Waals surface area contributed by atoms with E-state index in [-0.39, 0.29) is 11.7 Å². The molecule has 0 fully saturated rings. The van der Waals surface area contributed by atoms with Crippen molar-refractivity contribution in [3.8, 4) is 0 Å². The largest absolute Gasteiger partial charge is 0.347 e. The van der Waals surface area contributed by atoms with Gasteiger partial charge in [-0.3, -0.25) is 9.20 Å². The molecule has 2 heterocycles. The molecule has 0 unspecified atom stereocenters.